The van der Waals surface area contributed by atoms with E-state index in [4.69, 9.17) is 4.74 Å². The molecule has 1 spiro atoms. The van der Waals surface area contributed by atoms with Crippen molar-refractivity contribution in [3.63, 3.8) is 0 Å². The molecule has 6 heteroatoms. The smallest absolute Gasteiger partial charge is 0.212 e. The highest BCUT2D eigenvalue weighted by atomic mass is 32.2. The van der Waals surface area contributed by atoms with E-state index in [1.165, 1.54) is 0 Å². The summed E-state index contributed by atoms with van der Waals surface area (Å²) in [6, 6.07) is 7.42. The quantitative estimate of drug-likeness (QED) is 0.795. The van der Waals surface area contributed by atoms with Crippen molar-refractivity contribution in [1.82, 2.24) is 4.72 Å². The van der Waals surface area contributed by atoms with Crippen molar-refractivity contribution < 1.29 is 18.3 Å². The van der Waals surface area contributed by atoms with Crippen LogP contribution in [0.5, 0.6) is 5.75 Å². The van der Waals surface area contributed by atoms with Gasteiger partial charge in [0, 0.05) is 12.0 Å². The zero-order valence-electron chi connectivity index (χ0n) is 13.5. The van der Waals surface area contributed by atoms with Gasteiger partial charge in [-0.3, -0.25) is 0 Å². The SMILES string of the molecule is COc1cccc(CCS(=O)(=O)NCC2(O)CCC23CCC3)c1. The predicted molar refractivity (Wildman–Crippen MR) is 89.0 cm³/mol. The summed E-state index contributed by atoms with van der Waals surface area (Å²) in [7, 11) is -1.80. The lowest BCUT2D eigenvalue weighted by Gasteiger charge is -2.61. The van der Waals surface area contributed by atoms with Gasteiger partial charge in [0.1, 0.15) is 5.75 Å². The highest BCUT2D eigenvalue weighted by molar-refractivity contribution is 7.89. The molecule has 0 amide bonds. The molecule has 2 fully saturated rings. The van der Waals surface area contributed by atoms with Crippen LogP contribution in [0.1, 0.15) is 37.7 Å². The Bertz CT molecular complexity index is 663. The van der Waals surface area contributed by atoms with Crippen molar-refractivity contribution in [2.75, 3.05) is 19.4 Å². The van der Waals surface area contributed by atoms with Gasteiger partial charge in [-0.2, -0.15) is 0 Å². The summed E-state index contributed by atoms with van der Waals surface area (Å²) in [5, 5.41) is 10.7. The van der Waals surface area contributed by atoms with Crippen LogP contribution in [-0.2, 0) is 16.4 Å². The fourth-order valence-electron chi connectivity index (χ4n) is 3.74. The Morgan fingerprint density at radius 3 is 2.61 bits per heavy atom. The molecule has 2 aliphatic rings. The molecule has 128 valence electrons. The van der Waals surface area contributed by atoms with E-state index >= 15 is 0 Å². The molecule has 0 bridgehead atoms. The monoisotopic (exact) mass is 339 g/mol. The Balaban J connectivity index is 1.53. The van der Waals surface area contributed by atoms with Gasteiger partial charge in [0.25, 0.3) is 0 Å². The van der Waals surface area contributed by atoms with Crippen LogP contribution < -0.4 is 9.46 Å². The fraction of sp³-hybridized carbons (Fsp3) is 0.647. The van der Waals surface area contributed by atoms with Crippen LogP contribution in [0.25, 0.3) is 0 Å². The van der Waals surface area contributed by atoms with Crippen LogP contribution >= 0.6 is 0 Å². The number of rotatable bonds is 7. The van der Waals surface area contributed by atoms with Crippen molar-refractivity contribution in [3.05, 3.63) is 29.8 Å². The molecule has 23 heavy (non-hydrogen) atoms. The highest BCUT2D eigenvalue weighted by Gasteiger charge is 2.60. The minimum Gasteiger partial charge on any atom is -0.497 e. The molecule has 1 aromatic carbocycles. The van der Waals surface area contributed by atoms with Gasteiger partial charge in [-0.15, -0.1) is 0 Å². The number of ether oxygens (including phenoxy) is 1. The molecule has 1 aromatic rings. The summed E-state index contributed by atoms with van der Waals surface area (Å²) < 4.78 is 32.2. The molecular weight excluding hydrogens is 314 g/mol. The summed E-state index contributed by atoms with van der Waals surface area (Å²) in [4.78, 5) is 0. The van der Waals surface area contributed by atoms with Crippen molar-refractivity contribution in [1.29, 1.82) is 0 Å². The third-order valence-corrected chi connectivity index (χ3v) is 7.02. The van der Waals surface area contributed by atoms with E-state index in [9.17, 15) is 13.5 Å². The summed E-state index contributed by atoms with van der Waals surface area (Å²) in [5.74, 6) is 0.743. The van der Waals surface area contributed by atoms with E-state index in [0.717, 1.165) is 37.0 Å². The summed E-state index contributed by atoms with van der Waals surface area (Å²) >= 11 is 0. The first-order valence-corrected chi connectivity index (χ1v) is 9.86. The Morgan fingerprint density at radius 2 is 2.04 bits per heavy atom. The van der Waals surface area contributed by atoms with Crippen molar-refractivity contribution in [3.8, 4) is 5.75 Å². The average molecular weight is 339 g/mol. The molecule has 2 N–H and O–H groups in total. The summed E-state index contributed by atoms with van der Waals surface area (Å²) in [6.45, 7) is 0.146. The Labute approximate surface area is 138 Å². The van der Waals surface area contributed by atoms with Crippen LogP contribution in [0, 0.1) is 5.41 Å². The molecule has 0 radical (unpaired) electrons. The molecule has 2 saturated carbocycles. The first kappa shape index (κ1) is 16.7. The number of benzene rings is 1. The maximum atomic E-state index is 12.2. The molecule has 0 saturated heterocycles. The topological polar surface area (TPSA) is 75.6 Å². The molecule has 0 aliphatic heterocycles. The maximum absolute atomic E-state index is 12.2. The predicted octanol–water partition coefficient (Wildman–Crippen LogP) is 1.85. The summed E-state index contributed by atoms with van der Waals surface area (Å²) in [5.41, 5.74) is 0.0731. The number of hydrogen-bond acceptors (Lipinski definition) is 4. The summed E-state index contributed by atoms with van der Waals surface area (Å²) in [6.07, 6.45) is 5.34. The lowest BCUT2D eigenvalue weighted by molar-refractivity contribution is -0.200. The number of aliphatic hydroxyl groups is 1. The van der Waals surface area contributed by atoms with Gasteiger partial charge in [0.05, 0.1) is 18.5 Å². The second kappa shape index (κ2) is 6.07. The van der Waals surface area contributed by atoms with Gasteiger partial charge in [0.15, 0.2) is 0 Å². The van der Waals surface area contributed by atoms with Crippen molar-refractivity contribution >= 4 is 10.0 Å². The lowest BCUT2D eigenvalue weighted by atomic mass is 9.47. The van der Waals surface area contributed by atoms with Gasteiger partial charge in [-0.25, -0.2) is 13.1 Å². The third-order valence-electron chi connectivity index (χ3n) is 5.69. The van der Waals surface area contributed by atoms with E-state index in [2.05, 4.69) is 4.72 Å². The van der Waals surface area contributed by atoms with Gasteiger partial charge in [0.2, 0.25) is 10.0 Å². The molecular formula is C17H25NO4S. The van der Waals surface area contributed by atoms with Crippen LogP contribution in [0.15, 0.2) is 24.3 Å². The fourth-order valence-corrected chi connectivity index (χ4v) is 4.85. The zero-order chi connectivity index (χ0) is 16.6. The van der Waals surface area contributed by atoms with Crippen LogP contribution in [0.3, 0.4) is 0 Å². The Morgan fingerprint density at radius 1 is 1.26 bits per heavy atom. The molecule has 1 atom stereocenters. The molecule has 2 aliphatic carbocycles. The zero-order valence-corrected chi connectivity index (χ0v) is 14.4. The number of aryl methyl sites for hydroxylation is 1. The second-order valence-corrected chi connectivity index (χ2v) is 8.83. The average Bonchev–Trinajstić information content (AvgIpc) is 2.48. The van der Waals surface area contributed by atoms with Crippen LogP contribution in [-0.4, -0.2) is 38.5 Å². The Kier molecular flexibility index (Phi) is 4.42. The van der Waals surface area contributed by atoms with E-state index in [1.807, 2.05) is 24.3 Å². The standard InChI is InChI=1S/C17H25NO4S/c1-22-15-5-2-4-14(12-15)6-11-23(20,21)18-13-17(19)10-9-16(17)7-3-8-16/h2,4-5,12,18-19H,3,6-11,13H2,1H3. The maximum Gasteiger partial charge on any atom is 0.212 e. The molecule has 5 nitrogen and oxygen atoms in total. The van der Waals surface area contributed by atoms with Gasteiger partial charge in [-0.05, 0) is 49.8 Å². The molecule has 0 heterocycles. The Hall–Kier alpha value is -1.11. The second-order valence-electron chi connectivity index (χ2n) is 6.91. The van der Waals surface area contributed by atoms with E-state index < -0.39 is 15.6 Å². The van der Waals surface area contributed by atoms with Gasteiger partial charge < -0.3 is 9.84 Å². The number of nitrogens with one attached hydrogen (secondary N) is 1. The third kappa shape index (κ3) is 3.25. The highest BCUT2D eigenvalue weighted by Crippen LogP contribution is 2.61. The number of hydrogen-bond donors (Lipinski definition) is 2. The van der Waals surface area contributed by atoms with Gasteiger partial charge >= 0.3 is 0 Å². The molecule has 3 rings (SSSR count). The van der Waals surface area contributed by atoms with Crippen molar-refractivity contribution in [2.45, 2.75) is 44.1 Å². The minimum absolute atomic E-state index is 0.0116. The van der Waals surface area contributed by atoms with Crippen molar-refractivity contribution in [2.24, 2.45) is 5.41 Å². The van der Waals surface area contributed by atoms with E-state index in [1.54, 1.807) is 7.11 Å². The normalized spacial score (nSPS) is 25.7. The van der Waals surface area contributed by atoms with E-state index in [0.29, 0.717) is 12.8 Å². The van der Waals surface area contributed by atoms with Crippen LogP contribution in [0.4, 0.5) is 0 Å². The number of methoxy groups -OCH3 is 1. The first-order chi connectivity index (χ1) is 10.9. The molecule has 0 aromatic heterocycles. The van der Waals surface area contributed by atoms with Gasteiger partial charge in [-0.1, -0.05) is 18.6 Å². The van der Waals surface area contributed by atoms with Crippen LogP contribution in [0.2, 0.25) is 0 Å². The lowest BCUT2D eigenvalue weighted by Crippen LogP contribution is -2.65. The molecule has 1 unspecified atom stereocenters. The minimum atomic E-state index is -3.39. The number of sulfonamides is 1. The van der Waals surface area contributed by atoms with E-state index in [-0.39, 0.29) is 17.7 Å². The first-order valence-electron chi connectivity index (χ1n) is 8.21. The largest absolute Gasteiger partial charge is 0.497 e.